The van der Waals surface area contributed by atoms with Gasteiger partial charge < -0.3 is 0 Å². The molecule has 0 aliphatic rings. The molecule has 0 spiro atoms. The maximum Gasteiger partial charge on any atom is 0.441 e. The Hall–Kier alpha value is -0.430. The number of halogens is 4. The van der Waals surface area contributed by atoms with Crippen LogP contribution in [0, 0.1) is 0 Å². The Morgan fingerprint density at radius 2 is 2.20 bits per heavy atom. The molecule has 0 N–H and O–H groups in total. The summed E-state index contributed by atoms with van der Waals surface area (Å²) in [6.07, 6.45) is 2.19. The Kier molecular flexibility index (Phi) is 4.72. The second-order valence-electron chi connectivity index (χ2n) is 2.71. The van der Waals surface area contributed by atoms with E-state index in [4.69, 9.17) is 11.6 Å². The lowest BCUT2D eigenvalue weighted by molar-refractivity contribution is -0.0328. The van der Waals surface area contributed by atoms with Crippen LogP contribution in [0.4, 0.5) is 13.2 Å². The van der Waals surface area contributed by atoms with E-state index in [-0.39, 0.29) is 24.1 Å². The molecule has 0 unspecified atom stereocenters. The van der Waals surface area contributed by atoms with Gasteiger partial charge in [-0.25, -0.2) is 0 Å². The van der Waals surface area contributed by atoms with Crippen molar-refractivity contribution in [1.29, 1.82) is 0 Å². The summed E-state index contributed by atoms with van der Waals surface area (Å²) in [5, 5.41) is 7.44. The standard InChI is InChI=1S/C7H9ClF3N3S/c8-2-1-6-5-14(13-12-6)3-4-15-7(9,10)11/h5H,1-4H2. The summed E-state index contributed by atoms with van der Waals surface area (Å²) in [6, 6.07) is 0. The smallest absolute Gasteiger partial charge is 0.251 e. The zero-order valence-corrected chi connectivity index (χ0v) is 9.24. The SMILES string of the molecule is FC(F)(F)SCCn1cc(CCCl)nn1. The third kappa shape index (κ3) is 5.27. The molecule has 8 heteroatoms. The fraction of sp³-hybridized carbons (Fsp3) is 0.714. The molecule has 0 fully saturated rings. The third-order valence-corrected chi connectivity index (χ3v) is 2.43. The second-order valence-corrected chi connectivity index (χ2v) is 4.24. The number of aromatic nitrogens is 3. The Morgan fingerprint density at radius 1 is 1.47 bits per heavy atom. The van der Waals surface area contributed by atoms with E-state index in [1.54, 1.807) is 6.20 Å². The molecule has 0 bridgehead atoms. The average molecular weight is 260 g/mol. The quantitative estimate of drug-likeness (QED) is 0.761. The van der Waals surface area contributed by atoms with Crippen LogP contribution in [0.1, 0.15) is 5.69 Å². The number of aryl methyl sites for hydroxylation is 2. The van der Waals surface area contributed by atoms with E-state index < -0.39 is 5.51 Å². The van der Waals surface area contributed by atoms with Crippen molar-refractivity contribution in [2.45, 2.75) is 18.5 Å². The van der Waals surface area contributed by atoms with Crippen LogP contribution in [-0.2, 0) is 13.0 Å². The van der Waals surface area contributed by atoms with Gasteiger partial charge >= 0.3 is 5.51 Å². The molecule has 0 amide bonds. The number of hydrogen-bond acceptors (Lipinski definition) is 3. The Morgan fingerprint density at radius 3 is 2.80 bits per heavy atom. The first kappa shape index (κ1) is 12.6. The van der Waals surface area contributed by atoms with Crippen molar-refractivity contribution in [2.24, 2.45) is 0 Å². The van der Waals surface area contributed by atoms with Gasteiger partial charge in [-0.2, -0.15) is 13.2 Å². The van der Waals surface area contributed by atoms with E-state index in [2.05, 4.69) is 10.3 Å². The number of alkyl halides is 4. The largest absolute Gasteiger partial charge is 0.441 e. The summed E-state index contributed by atoms with van der Waals surface area (Å²) in [5.74, 6) is 0.364. The minimum atomic E-state index is -4.18. The number of rotatable bonds is 5. The van der Waals surface area contributed by atoms with Crippen LogP contribution in [-0.4, -0.2) is 32.1 Å². The maximum absolute atomic E-state index is 11.8. The van der Waals surface area contributed by atoms with Crippen LogP contribution in [0.15, 0.2) is 6.20 Å². The predicted molar refractivity (Wildman–Crippen MR) is 53.0 cm³/mol. The van der Waals surface area contributed by atoms with Gasteiger partial charge in [-0.1, -0.05) is 5.21 Å². The lowest BCUT2D eigenvalue weighted by atomic mass is 10.4. The van der Waals surface area contributed by atoms with E-state index in [9.17, 15) is 13.2 Å². The van der Waals surface area contributed by atoms with Crippen molar-refractivity contribution in [2.75, 3.05) is 11.6 Å². The normalized spacial score (nSPS) is 12.0. The molecule has 15 heavy (non-hydrogen) atoms. The van der Waals surface area contributed by atoms with Crippen LogP contribution < -0.4 is 0 Å². The van der Waals surface area contributed by atoms with Crippen molar-refractivity contribution in [3.8, 4) is 0 Å². The molecule has 0 aliphatic carbocycles. The molecule has 0 atom stereocenters. The van der Waals surface area contributed by atoms with Crippen molar-refractivity contribution in [3.05, 3.63) is 11.9 Å². The van der Waals surface area contributed by atoms with Gasteiger partial charge in [0.2, 0.25) is 0 Å². The molecular weight excluding hydrogens is 251 g/mol. The Balaban J connectivity index is 2.31. The molecule has 1 rings (SSSR count). The van der Waals surface area contributed by atoms with Gasteiger partial charge in [-0.15, -0.1) is 16.7 Å². The predicted octanol–water partition coefficient (Wildman–Crippen LogP) is 2.31. The molecule has 0 aliphatic heterocycles. The zero-order chi connectivity index (χ0) is 11.3. The lowest BCUT2D eigenvalue weighted by Gasteiger charge is -2.04. The molecule has 1 heterocycles. The third-order valence-electron chi connectivity index (χ3n) is 1.52. The minimum Gasteiger partial charge on any atom is -0.251 e. The summed E-state index contributed by atoms with van der Waals surface area (Å²) in [4.78, 5) is 0. The van der Waals surface area contributed by atoms with Crippen molar-refractivity contribution >= 4 is 23.4 Å². The fourth-order valence-corrected chi connectivity index (χ4v) is 1.62. The summed E-state index contributed by atoms with van der Waals surface area (Å²) in [5.41, 5.74) is -3.48. The molecule has 0 saturated carbocycles. The number of nitrogens with zero attached hydrogens (tertiary/aromatic N) is 3. The first-order chi connectivity index (χ1) is 7.01. The van der Waals surface area contributed by atoms with Gasteiger partial charge in [0.05, 0.1) is 12.2 Å². The van der Waals surface area contributed by atoms with Crippen LogP contribution in [0.25, 0.3) is 0 Å². The van der Waals surface area contributed by atoms with E-state index >= 15 is 0 Å². The molecular formula is C7H9ClF3N3S. The van der Waals surface area contributed by atoms with Gasteiger partial charge in [0.1, 0.15) is 0 Å². The van der Waals surface area contributed by atoms with E-state index in [1.807, 2.05) is 0 Å². The molecule has 1 aromatic heterocycles. The molecule has 0 radical (unpaired) electrons. The molecule has 3 nitrogen and oxygen atoms in total. The lowest BCUT2D eigenvalue weighted by Crippen LogP contribution is -2.07. The fourth-order valence-electron chi connectivity index (χ4n) is 0.914. The van der Waals surface area contributed by atoms with E-state index in [0.29, 0.717) is 18.0 Å². The first-order valence-corrected chi connectivity index (χ1v) is 5.69. The molecule has 1 aromatic rings. The first-order valence-electron chi connectivity index (χ1n) is 4.17. The van der Waals surface area contributed by atoms with Gasteiger partial charge in [0.25, 0.3) is 0 Å². The highest BCUT2D eigenvalue weighted by Gasteiger charge is 2.27. The summed E-state index contributed by atoms with van der Waals surface area (Å²) in [7, 11) is 0. The number of thioether (sulfide) groups is 1. The van der Waals surface area contributed by atoms with Crippen molar-refractivity contribution in [3.63, 3.8) is 0 Å². The number of hydrogen-bond donors (Lipinski definition) is 0. The van der Waals surface area contributed by atoms with Gasteiger partial charge in [-0.05, 0) is 11.8 Å². The summed E-state index contributed by atoms with van der Waals surface area (Å²) >= 11 is 5.42. The van der Waals surface area contributed by atoms with Crippen LogP contribution in [0.2, 0.25) is 0 Å². The van der Waals surface area contributed by atoms with Crippen LogP contribution in [0.5, 0.6) is 0 Å². The molecule has 0 saturated heterocycles. The average Bonchev–Trinajstić information content (AvgIpc) is 2.51. The topological polar surface area (TPSA) is 30.7 Å². The van der Waals surface area contributed by atoms with Gasteiger partial charge in [0.15, 0.2) is 0 Å². The molecule has 86 valence electrons. The zero-order valence-electron chi connectivity index (χ0n) is 7.67. The highest BCUT2D eigenvalue weighted by molar-refractivity contribution is 8.00. The van der Waals surface area contributed by atoms with Crippen molar-refractivity contribution in [1.82, 2.24) is 15.0 Å². The minimum absolute atomic E-state index is 0.0623. The Bertz CT molecular complexity index is 302. The summed E-state index contributed by atoms with van der Waals surface area (Å²) < 4.78 is 36.7. The van der Waals surface area contributed by atoms with Gasteiger partial charge in [-0.3, -0.25) is 4.68 Å². The molecule has 0 aromatic carbocycles. The Labute approximate surface area is 94.0 Å². The highest BCUT2D eigenvalue weighted by Crippen LogP contribution is 2.29. The summed E-state index contributed by atoms with van der Waals surface area (Å²) in [6.45, 7) is 0.194. The van der Waals surface area contributed by atoms with E-state index in [1.165, 1.54) is 4.68 Å². The van der Waals surface area contributed by atoms with E-state index in [0.717, 1.165) is 0 Å². The second kappa shape index (κ2) is 5.60. The van der Waals surface area contributed by atoms with Crippen molar-refractivity contribution < 1.29 is 13.2 Å². The highest BCUT2D eigenvalue weighted by atomic mass is 35.5. The monoisotopic (exact) mass is 259 g/mol. The maximum atomic E-state index is 11.8. The van der Waals surface area contributed by atoms with Crippen LogP contribution >= 0.6 is 23.4 Å². The van der Waals surface area contributed by atoms with Crippen LogP contribution in [0.3, 0.4) is 0 Å². The van der Waals surface area contributed by atoms with Gasteiger partial charge in [0, 0.05) is 24.3 Å².